The molecule has 2 saturated heterocycles. The third-order valence-corrected chi connectivity index (χ3v) is 8.67. The summed E-state index contributed by atoms with van der Waals surface area (Å²) in [7, 11) is 7.57. The lowest BCUT2D eigenvalue weighted by atomic mass is 10.1. The van der Waals surface area contributed by atoms with Crippen molar-refractivity contribution < 1.29 is 24.5 Å². The topological polar surface area (TPSA) is 123 Å². The van der Waals surface area contributed by atoms with Crippen molar-refractivity contribution in [3.05, 3.63) is 12.7 Å². The lowest BCUT2D eigenvalue weighted by molar-refractivity contribution is -0.150. The van der Waals surface area contributed by atoms with Crippen molar-refractivity contribution in [2.75, 3.05) is 31.4 Å². The van der Waals surface area contributed by atoms with E-state index in [2.05, 4.69) is 15.0 Å². The van der Waals surface area contributed by atoms with Crippen LogP contribution in [0.15, 0.2) is 12.7 Å². The lowest BCUT2D eigenvalue weighted by Gasteiger charge is -2.17. The number of hydrogen-bond donors (Lipinski definition) is 2. The maximum atomic E-state index is 12.1. The Bertz CT molecular complexity index is 923. The summed E-state index contributed by atoms with van der Waals surface area (Å²) in [4.78, 5) is 26.7. The summed E-state index contributed by atoms with van der Waals surface area (Å²) in [5, 5.41) is 21.7. The van der Waals surface area contributed by atoms with E-state index in [1.165, 1.54) is 24.8 Å². The predicted molar refractivity (Wildman–Crippen MR) is 123 cm³/mol. The second-order valence-electron chi connectivity index (χ2n) is 8.22. The van der Waals surface area contributed by atoms with E-state index in [0.717, 1.165) is 19.3 Å². The highest BCUT2D eigenvalue weighted by atomic mass is 33.1. The van der Waals surface area contributed by atoms with E-state index in [0.29, 0.717) is 28.7 Å². The molecule has 4 heterocycles. The van der Waals surface area contributed by atoms with E-state index in [-0.39, 0.29) is 12.6 Å². The Balaban J connectivity index is 1.30. The highest BCUT2D eigenvalue weighted by Gasteiger charge is 2.45. The van der Waals surface area contributed by atoms with Gasteiger partial charge < -0.3 is 24.6 Å². The Morgan fingerprint density at radius 2 is 2.12 bits per heavy atom. The first kappa shape index (κ1) is 23.6. The van der Waals surface area contributed by atoms with Crippen LogP contribution in [0, 0.1) is 0 Å². The molecule has 5 atom stereocenters. The van der Waals surface area contributed by atoms with Gasteiger partial charge in [-0.1, -0.05) is 28.0 Å². The molecule has 2 aromatic heterocycles. The Hall–Kier alpha value is -1.60. The molecule has 0 radical (unpaired) electrons. The molecule has 1 unspecified atom stereocenters. The molecule has 176 valence electrons. The maximum Gasteiger partial charge on any atom is 0.305 e. The van der Waals surface area contributed by atoms with Crippen LogP contribution in [0.3, 0.4) is 0 Å². The Morgan fingerprint density at radius 1 is 1.28 bits per heavy atom. The summed E-state index contributed by atoms with van der Waals surface area (Å²) in [5.74, 6) is 1.54. The first-order valence-corrected chi connectivity index (χ1v) is 13.1. The van der Waals surface area contributed by atoms with Gasteiger partial charge >= 0.3 is 5.97 Å². The summed E-state index contributed by atoms with van der Waals surface area (Å²) in [5.41, 5.74) is 1.05. The van der Waals surface area contributed by atoms with Crippen LogP contribution in [0.2, 0.25) is 0 Å². The molecule has 0 aromatic carbocycles. The maximum absolute atomic E-state index is 12.1. The van der Waals surface area contributed by atoms with Crippen LogP contribution >= 0.6 is 21.6 Å². The number of ether oxygens (including phenoxy) is 2. The monoisotopic (exact) mass is 483 g/mol. The van der Waals surface area contributed by atoms with Gasteiger partial charge in [0.25, 0.3) is 0 Å². The molecular weight excluding hydrogens is 454 g/mol. The normalized spacial score (nSPS) is 27.8. The summed E-state index contributed by atoms with van der Waals surface area (Å²) >= 11 is 0. The van der Waals surface area contributed by atoms with E-state index >= 15 is 0 Å². The summed E-state index contributed by atoms with van der Waals surface area (Å²) in [6, 6.07) is 0. The highest BCUT2D eigenvalue weighted by molar-refractivity contribution is 8.77. The number of anilines is 1. The van der Waals surface area contributed by atoms with Gasteiger partial charge in [-0.3, -0.25) is 9.36 Å². The fraction of sp³-hybridized carbons (Fsp3) is 0.700. The van der Waals surface area contributed by atoms with E-state index in [1.807, 2.05) is 40.6 Å². The van der Waals surface area contributed by atoms with E-state index in [1.54, 1.807) is 4.57 Å². The average Bonchev–Trinajstić information content (AvgIpc) is 3.50. The van der Waals surface area contributed by atoms with Crippen LogP contribution in [0.25, 0.3) is 11.2 Å². The molecule has 4 rings (SSSR count). The second kappa shape index (κ2) is 10.6. The minimum atomic E-state index is -1.21. The first-order chi connectivity index (χ1) is 15.5. The van der Waals surface area contributed by atoms with Crippen molar-refractivity contribution in [1.29, 1.82) is 0 Å². The number of aliphatic hydroxyl groups excluding tert-OH is 2. The average molecular weight is 484 g/mol. The zero-order chi connectivity index (χ0) is 22.7. The largest absolute Gasteiger partial charge is 0.463 e. The molecule has 2 aliphatic rings. The molecule has 0 amide bonds. The number of carbonyl (C=O) groups is 1. The van der Waals surface area contributed by atoms with Gasteiger partial charge in [-0.2, -0.15) is 0 Å². The Labute approximate surface area is 194 Å². The number of nitrogens with zero attached hydrogens (tertiary/aromatic N) is 5. The molecule has 0 aliphatic carbocycles. The lowest BCUT2D eigenvalue weighted by Crippen LogP contribution is -2.34. The van der Waals surface area contributed by atoms with Crippen LogP contribution in [-0.4, -0.2) is 85.7 Å². The second-order valence-corrected chi connectivity index (χ2v) is 11.0. The molecule has 2 N–H and O–H groups in total. The van der Waals surface area contributed by atoms with Crippen molar-refractivity contribution in [3.8, 4) is 0 Å². The van der Waals surface area contributed by atoms with Crippen LogP contribution < -0.4 is 4.90 Å². The standard InChI is InChI=1S/C20H29N5O5S2/c1-24(2)18-15-19(22-10-21-18)25(11-23-15)20-17(28)16(27)13(30-20)9-29-14(26)6-4-3-5-12-7-8-31-32-12/h10-13,16-17,20,27-28H,3-9H2,1-2H3/t12?,13-,16-,17-,20-/m1/s1. The van der Waals surface area contributed by atoms with Gasteiger partial charge in [0.1, 0.15) is 31.2 Å². The molecule has 0 saturated carbocycles. The van der Waals surface area contributed by atoms with Gasteiger partial charge in [-0.25, -0.2) is 15.0 Å². The van der Waals surface area contributed by atoms with Gasteiger partial charge in [0.05, 0.1) is 6.33 Å². The fourth-order valence-electron chi connectivity index (χ4n) is 3.90. The number of fused-ring (bicyclic) bond motifs is 1. The smallest absolute Gasteiger partial charge is 0.305 e. The van der Waals surface area contributed by atoms with Crippen molar-refractivity contribution >= 4 is 44.5 Å². The van der Waals surface area contributed by atoms with Crippen molar-refractivity contribution in [2.24, 2.45) is 0 Å². The molecule has 32 heavy (non-hydrogen) atoms. The molecule has 10 nitrogen and oxygen atoms in total. The third-order valence-electron chi connectivity index (χ3n) is 5.67. The summed E-state index contributed by atoms with van der Waals surface area (Å²) in [6.07, 6.45) is 3.28. The first-order valence-electron chi connectivity index (χ1n) is 10.8. The van der Waals surface area contributed by atoms with Gasteiger partial charge in [0.15, 0.2) is 23.2 Å². The van der Waals surface area contributed by atoms with E-state index < -0.39 is 24.5 Å². The Morgan fingerprint density at radius 3 is 2.88 bits per heavy atom. The molecule has 2 fully saturated rings. The number of carbonyl (C=O) groups excluding carboxylic acids is 1. The summed E-state index contributed by atoms with van der Waals surface area (Å²) < 4.78 is 12.7. The number of aromatic nitrogens is 4. The van der Waals surface area contributed by atoms with Gasteiger partial charge in [-0.05, 0) is 19.3 Å². The van der Waals surface area contributed by atoms with Gasteiger partial charge in [0.2, 0.25) is 0 Å². The number of hydrogen-bond acceptors (Lipinski definition) is 11. The third kappa shape index (κ3) is 5.14. The number of esters is 1. The van der Waals surface area contributed by atoms with Crippen molar-refractivity contribution in [3.63, 3.8) is 0 Å². The van der Waals surface area contributed by atoms with Crippen LogP contribution in [0.5, 0.6) is 0 Å². The van der Waals surface area contributed by atoms with Crippen LogP contribution in [-0.2, 0) is 14.3 Å². The Kier molecular flexibility index (Phi) is 7.77. The number of rotatable bonds is 9. The molecule has 12 heteroatoms. The zero-order valence-corrected chi connectivity index (χ0v) is 19.8. The van der Waals surface area contributed by atoms with E-state index in [4.69, 9.17) is 9.47 Å². The number of unbranched alkanes of at least 4 members (excludes halogenated alkanes) is 1. The molecule has 2 aliphatic heterocycles. The minimum absolute atomic E-state index is 0.118. The van der Waals surface area contributed by atoms with E-state index in [9.17, 15) is 15.0 Å². The number of aliphatic hydroxyl groups is 2. The minimum Gasteiger partial charge on any atom is -0.463 e. The van der Waals surface area contributed by atoms with Crippen molar-refractivity contribution in [1.82, 2.24) is 19.5 Å². The SMILES string of the molecule is CN(C)c1ncnc2c1ncn2[C@@H]1O[C@H](COC(=O)CCCCC2CCSS2)[C@@H](O)[C@H]1O. The quantitative estimate of drug-likeness (QED) is 0.308. The fourth-order valence-corrected chi connectivity index (χ4v) is 6.93. The molecule has 0 bridgehead atoms. The molecular formula is C20H29N5O5S2. The van der Waals surface area contributed by atoms with Crippen LogP contribution in [0.4, 0.5) is 5.82 Å². The predicted octanol–water partition coefficient (Wildman–Crippen LogP) is 1.77. The zero-order valence-electron chi connectivity index (χ0n) is 18.2. The van der Waals surface area contributed by atoms with Crippen molar-refractivity contribution in [2.45, 2.75) is 61.9 Å². The number of imidazole rings is 1. The highest BCUT2D eigenvalue weighted by Crippen LogP contribution is 2.40. The van der Waals surface area contributed by atoms with Crippen LogP contribution in [0.1, 0.15) is 38.3 Å². The molecule has 2 aromatic rings. The molecule has 0 spiro atoms. The van der Waals surface area contributed by atoms with Gasteiger partial charge in [0, 0.05) is 31.5 Å². The van der Waals surface area contributed by atoms with Gasteiger partial charge in [-0.15, -0.1) is 0 Å². The summed E-state index contributed by atoms with van der Waals surface area (Å²) in [6.45, 7) is -0.118.